The zero-order valence-corrected chi connectivity index (χ0v) is 12.3. The number of hydrogen-bond donors (Lipinski definition) is 1. The molecular weight excluding hydrogens is 253 g/mol. The van der Waals surface area contributed by atoms with Crippen LogP contribution in [0.3, 0.4) is 0 Å². The average Bonchev–Trinajstić information content (AvgIpc) is 2.26. The second-order valence-electron chi connectivity index (χ2n) is 6.82. The molecule has 2 nitrogen and oxygen atoms in total. The third-order valence-electron chi connectivity index (χ3n) is 4.50. The molecule has 1 heterocycles. The van der Waals surface area contributed by atoms with E-state index in [1.807, 2.05) is 6.92 Å². The third-order valence-corrected chi connectivity index (χ3v) is 4.50. The number of nitrogens with zero attached hydrogens (tertiary/aromatic N) is 1. The van der Waals surface area contributed by atoms with Crippen LogP contribution in [-0.4, -0.2) is 36.2 Å². The molecule has 0 spiro atoms. The first-order valence-electron chi connectivity index (χ1n) is 7.10. The first kappa shape index (κ1) is 16.8. The lowest BCUT2D eigenvalue weighted by atomic mass is 9.80. The molecule has 19 heavy (non-hydrogen) atoms. The Hall–Kier alpha value is -0.290. The van der Waals surface area contributed by atoms with E-state index in [0.29, 0.717) is 18.4 Å². The first-order chi connectivity index (χ1) is 8.58. The molecule has 114 valence electrons. The van der Waals surface area contributed by atoms with Gasteiger partial charge in [-0.2, -0.15) is 13.2 Å². The van der Waals surface area contributed by atoms with Gasteiger partial charge in [-0.1, -0.05) is 13.8 Å². The van der Waals surface area contributed by atoms with Gasteiger partial charge in [0.15, 0.2) is 0 Å². The summed E-state index contributed by atoms with van der Waals surface area (Å²) in [6, 6.07) is 0. The van der Waals surface area contributed by atoms with Crippen LogP contribution in [-0.2, 0) is 0 Å². The summed E-state index contributed by atoms with van der Waals surface area (Å²) in [5.41, 5.74) is 5.89. The first-order valence-corrected chi connectivity index (χ1v) is 7.10. The summed E-state index contributed by atoms with van der Waals surface area (Å²) in [7, 11) is 0. The molecule has 1 aliphatic heterocycles. The van der Waals surface area contributed by atoms with Crippen LogP contribution in [0.4, 0.5) is 13.2 Å². The summed E-state index contributed by atoms with van der Waals surface area (Å²) in [6.45, 7) is 8.79. The minimum Gasteiger partial charge on any atom is -0.329 e. The van der Waals surface area contributed by atoms with Crippen molar-refractivity contribution in [3.05, 3.63) is 0 Å². The van der Waals surface area contributed by atoms with Crippen molar-refractivity contribution < 1.29 is 13.2 Å². The van der Waals surface area contributed by atoms with Gasteiger partial charge in [0.25, 0.3) is 0 Å². The molecule has 5 heteroatoms. The molecule has 2 N–H and O–H groups in total. The lowest BCUT2D eigenvalue weighted by molar-refractivity contribution is -0.137. The molecule has 1 saturated heterocycles. The van der Waals surface area contributed by atoms with Crippen LogP contribution in [0.5, 0.6) is 0 Å². The van der Waals surface area contributed by atoms with Gasteiger partial charge in [0.1, 0.15) is 0 Å². The maximum absolute atomic E-state index is 12.2. The van der Waals surface area contributed by atoms with Crippen molar-refractivity contribution >= 4 is 0 Å². The lowest BCUT2D eigenvalue weighted by Crippen LogP contribution is -2.55. The van der Waals surface area contributed by atoms with E-state index in [9.17, 15) is 13.2 Å². The van der Waals surface area contributed by atoms with Crippen LogP contribution in [0.25, 0.3) is 0 Å². The van der Waals surface area contributed by atoms with Crippen molar-refractivity contribution in [1.29, 1.82) is 0 Å². The van der Waals surface area contributed by atoms with Crippen LogP contribution in [0.1, 0.15) is 52.9 Å². The maximum atomic E-state index is 12.2. The molecule has 1 rings (SSSR count). The Balaban J connectivity index is 2.51. The van der Waals surface area contributed by atoms with E-state index in [0.717, 1.165) is 25.9 Å². The third kappa shape index (κ3) is 5.30. The standard InChI is InChI=1S/C14H27F3N2/c1-12(2)7-9-19(10-8-12)13(3,11-18)5-4-6-14(15,16)17/h4-11,18H2,1-3H3. The summed E-state index contributed by atoms with van der Waals surface area (Å²) >= 11 is 0. The summed E-state index contributed by atoms with van der Waals surface area (Å²) in [5, 5.41) is 0. The van der Waals surface area contributed by atoms with E-state index < -0.39 is 12.6 Å². The topological polar surface area (TPSA) is 29.3 Å². The van der Waals surface area contributed by atoms with Gasteiger partial charge in [0, 0.05) is 18.5 Å². The number of piperidine rings is 1. The maximum Gasteiger partial charge on any atom is 0.389 e. The molecule has 0 saturated carbocycles. The number of likely N-dealkylation sites (tertiary alicyclic amines) is 1. The summed E-state index contributed by atoms with van der Waals surface area (Å²) in [6.07, 6.45) is -1.91. The Bertz CT molecular complexity index is 279. The Labute approximate surface area is 114 Å². The number of hydrogen-bond acceptors (Lipinski definition) is 2. The summed E-state index contributed by atoms with van der Waals surface area (Å²) < 4.78 is 36.7. The smallest absolute Gasteiger partial charge is 0.329 e. The molecule has 1 aliphatic rings. The number of nitrogens with two attached hydrogens (primary N) is 1. The fourth-order valence-corrected chi connectivity index (χ4v) is 2.71. The highest BCUT2D eigenvalue weighted by atomic mass is 19.4. The SMILES string of the molecule is CC1(C)CCN(C(C)(CN)CCCC(F)(F)F)CC1. The minimum absolute atomic E-state index is 0.164. The monoisotopic (exact) mass is 280 g/mol. The van der Waals surface area contributed by atoms with Crippen molar-refractivity contribution in [3.8, 4) is 0 Å². The highest BCUT2D eigenvalue weighted by Gasteiger charge is 2.36. The highest BCUT2D eigenvalue weighted by Crippen LogP contribution is 2.35. The van der Waals surface area contributed by atoms with Gasteiger partial charge in [0.05, 0.1) is 0 Å². The zero-order valence-electron chi connectivity index (χ0n) is 12.3. The van der Waals surface area contributed by atoms with Crippen LogP contribution in [0.15, 0.2) is 0 Å². The van der Waals surface area contributed by atoms with Gasteiger partial charge in [-0.15, -0.1) is 0 Å². The number of halogens is 3. The van der Waals surface area contributed by atoms with Crippen molar-refractivity contribution in [2.75, 3.05) is 19.6 Å². The molecular formula is C14H27F3N2. The molecule has 0 aliphatic carbocycles. The zero-order chi connectivity index (χ0) is 14.7. The number of alkyl halides is 3. The minimum atomic E-state index is -4.06. The second-order valence-corrected chi connectivity index (χ2v) is 6.82. The average molecular weight is 280 g/mol. The molecule has 0 aromatic heterocycles. The van der Waals surface area contributed by atoms with Crippen molar-refractivity contribution in [2.24, 2.45) is 11.1 Å². The van der Waals surface area contributed by atoms with Gasteiger partial charge in [-0.05, 0) is 51.1 Å². The van der Waals surface area contributed by atoms with Gasteiger partial charge in [0.2, 0.25) is 0 Å². The fourth-order valence-electron chi connectivity index (χ4n) is 2.71. The summed E-state index contributed by atoms with van der Waals surface area (Å²) in [5.74, 6) is 0. The molecule has 1 atom stereocenters. The Morgan fingerprint density at radius 1 is 1.11 bits per heavy atom. The van der Waals surface area contributed by atoms with Crippen LogP contribution in [0.2, 0.25) is 0 Å². The van der Waals surface area contributed by atoms with E-state index in [2.05, 4.69) is 18.7 Å². The van der Waals surface area contributed by atoms with Crippen molar-refractivity contribution in [2.45, 2.75) is 64.6 Å². The van der Waals surface area contributed by atoms with E-state index in [4.69, 9.17) is 5.73 Å². The van der Waals surface area contributed by atoms with E-state index >= 15 is 0 Å². The normalized spacial score (nSPS) is 24.2. The van der Waals surface area contributed by atoms with Gasteiger partial charge in [-0.3, -0.25) is 4.90 Å². The Morgan fingerprint density at radius 3 is 2.05 bits per heavy atom. The van der Waals surface area contributed by atoms with Crippen molar-refractivity contribution in [3.63, 3.8) is 0 Å². The van der Waals surface area contributed by atoms with E-state index in [-0.39, 0.29) is 12.0 Å². The van der Waals surface area contributed by atoms with Crippen LogP contribution < -0.4 is 5.73 Å². The molecule has 0 amide bonds. The Morgan fingerprint density at radius 2 is 1.63 bits per heavy atom. The van der Waals surface area contributed by atoms with Gasteiger partial charge < -0.3 is 5.73 Å². The molecule has 1 unspecified atom stereocenters. The lowest BCUT2D eigenvalue weighted by Gasteiger charge is -2.47. The van der Waals surface area contributed by atoms with Gasteiger partial charge in [-0.25, -0.2) is 0 Å². The fraction of sp³-hybridized carbons (Fsp3) is 1.00. The van der Waals surface area contributed by atoms with E-state index in [1.165, 1.54) is 0 Å². The molecule has 0 bridgehead atoms. The molecule has 0 radical (unpaired) electrons. The second kappa shape index (κ2) is 6.00. The quantitative estimate of drug-likeness (QED) is 0.834. The van der Waals surface area contributed by atoms with Crippen LogP contribution >= 0.6 is 0 Å². The highest BCUT2D eigenvalue weighted by molar-refractivity contribution is 4.91. The molecule has 0 aromatic rings. The predicted octanol–water partition coefficient (Wildman–Crippen LogP) is 3.56. The largest absolute Gasteiger partial charge is 0.389 e. The molecule has 1 fully saturated rings. The summed E-state index contributed by atoms with van der Waals surface area (Å²) in [4.78, 5) is 2.29. The Kier molecular flexibility index (Phi) is 5.29. The van der Waals surface area contributed by atoms with Crippen molar-refractivity contribution in [1.82, 2.24) is 4.90 Å². The van der Waals surface area contributed by atoms with E-state index in [1.54, 1.807) is 0 Å². The van der Waals surface area contributed by atoms with Gasteiger partial charge >= 0.3 is 6.18 Å². The predicted molar refractivity (Wildman–Crippen MR) is 72.0 cm³/mol. The van der Waals surface area contributed by atoms with Crippen LogP contribution in [0, 0.1) is 5.41 Å². The molecule has 0 aromatic carbocycles. The number of rotatable bonds is 5.